The van der Waals surface area contributed by atoms with Crippen LogP contribution in [0.15, 0.2) is 77.1 Å². The maximum Gasteiger partial charge on any atom is 0.255 e. The van der Waals surface area contributed by atoms with Crippen LogP contribution in [-0.4, -0.2) is 16.8 Å². The van der Waals surface area contributed by atoms with E-state index in [-0.39, 0.29) is 11.5 Å². The number of fused-ring (bicyclic) bond motifs is 1. The molecule has 0 spiro atoms. The van der Waals surface area contributed by atoms with Gasteiger partial charge in [0.2, 0.25) is 0 Å². The van der Waals surface area contributed by atoms with Gasteiger partial charge >= 0.3 is 0 Å². The second-order valence-corrected chi connectivity index (χ2v) is 8.55. The van der Waals surface area contributed by atoms with Crippen molar-refractivity contribution in [3.05, 3.63) is 89.5 Å². The molecule has 3 N–H and O–H groups in total. The van der Waals surface area contributed by atoms with Gasteiger partial charge in [0.1, 0.15) is 0 Å². The molecule has 0 saturated heterocycles. The summed E-state index contributed by atoms with van der Waals surface area (Å²) < 4.78 is 2.20. The van der Waals surface area contributed by atoms with E-state index in [1.165, 1.54) is 4.70 Å². The van der Waals surface area contributed by atoms with Crippen LogP contribution in [0.5, 0.6) is 0 Å². The molecule has 5 nitrogen and oxygen atoms in total. The molecule has 3 aromatic carbocycles. The first-order valence-corrected chi connectivity index (χ1v) is 10.7. The van der Waals surface area contributed by atoms with Gasteiger partial charge in [-0.25, -0.2) is 4.98 Å². The molecular formula is C22H17N3O2S2. The Morgan fingerprint density at radius 3 is 2.45 bits per heavy atom. The smallest absolute Gasteiger partial charge is 0.255 e. The van der Waals surface area contributed by atoms with Crippen molar-refractivity contribution in [2.45, 2.75) is 10.1 Å². The number of para-hydroxylation sites is 2. The Morgan fingerprint density at radius 1 is 0.966 bits per heavy atom. The van der Waals surface area contributed by atoms with Gasteiger partial charge < -0.3 is 11.1 Å². The van der Waals surface area contributed by atoms with Crippen molar-refractivity contribution < 1.29 is 9.59 Å². The number of nitrogens with two attached hydrogens (primary N) is 1. The van der Waals surface area contributed by atoms with Crippen molar-refractivity contribution in [1.82, 2.24) is 4.98 Å². The van der Waals surface area contributed by atoms with Gasteiger partial charge in [-0.1, -0.05) is 48.2 Å². The maximum absolute atomic E-state index is 12.5. The van der Waals surface area contributed by atoms with Crippen LogP contribution < -0.4 is 11.1 Å². The average molecular weight is 420 g/mol. The summed E-state index contributed by atoms with van der Waals surface area (Å²) in [4.78, 5) is 28.6. The number of benzene rings is 3. The fourth-order valence-electron chi connectivity index (χ4n) is 2.81. The molecule has 0 unspecified atom stereocenters. The summed E-state index contributed by atoms with van der Waals surface area (Å²) in [6.45, 7) is 0. The van der Waals surface area contributed by atoms with E-state index in [1.54, 1.807) is 59.5 Å². The normalized spacial score (nSPS) is 10.8. The number of nitrogens with one attached hydrogen (secondary N) is 1. The van der Waals surface area contributed by atoms with E-state index in [1.807, 2.05) is 30.3 Å². The van der Waals surface area contributed by atoms with Gasteiger partial charge in [-0.15, -0.1) is 11.3 Å². The Labute approximate surface area is 176 Å². The SMILES string of the molecule is NC(=O)c1ccccc1NC(=O)c1ccc(CSc2nc3ccccc3s2)cc1. The predicted octanol–water partition coefficient (Wildman–Crippen LogP) is 4.94. The molecule has 0 fully saturated rings. The van der Waals surface area contributed by atoms with Crippen molar-refractivity contribution in [3.63, 3.8) is 0 Å². The number of thiazole rings is 1. The van der Waals surface area contributed by atoms with E-state index < -0.39 is 5.91 Å². The molecule has 2 amide bonds. The van der Waals surface area contributed by atoms with E-state index >= 15 is 0 Å². The number of thioether (sulfide) groups is 1. The minimum absolute atomic E-state index is 0.282. The molecule has 144 valence electrons. The van der Waals surface area contributed by atoms with Crippen LogP contribution in [0.25, 0.3) is 10.2 Å². The zero-order chi connectivity index (χ0) is 20.2. The van der Waals surface area contributed by atoms with Crippen LogP contribution in [0.4, 0.5) is 5.69 Å². The molecule has 0 radical (unpaired) electrons. The van der Waals surface area contributed by atoms with Gasteiger partial charge in [0, 0.05) is 11.3 Å². The quantitative estimate of drug-likeness (QED) is 0.434. The van der Waals surface area contributed by atoms with Crippen LogP contribution in [-0.2, 0) is 5.75 Å². The summed E-state index contributed by atoms with van der Waals surface area (Å²) in [7, 11) is 0. The third-order valence-corrected chi connectivity index (χ3v) is 6.54. The van der Waals surface area contributed by atoms with Gasteiger partial charge in [0.15, 0.2) is 4.34 Å². The van der Waals surface area contributed by atoms with Gasteiger partial charge in [-0.2, -0.15) is 0 Å². The molecule has 4 aromatic rings. The lowest BCUT2D eigenvalue weighted by Crippen LogP contribution is -2.18. The Balaban J connectivity index is 1.41. The van der Waals surface area contributed by atoms with E-state index in [0.29, 0.717) is 11.3 Å². The lowest BCUT2D eigenvalue weighted by atomic mass is 10.1. The zero-order valence-corrected chi connectivity index (χ0v) is 16.9. The average Bonchev–Trinajstić information content (AvgIpc) is 3.16. The minimum Gasteiger partial charge on any atom is -0.366 e. The molecule has 1 aromatic heterocycles. The third kappa shape index (κ3) is 4.47. The van der Waals surface area contributed by atoms with E-state index in [4.69, 9.17) is 5.73 Å². The number of nitrogens with zero attached hydrogens (tertiary/aromatic N) is 1. The van der Waals surface area contributed by atoms with Crippen LogP contribution in [0.3, 0.4) is 0 Å². The zero-order valence-electron chi connectivity index (χ0n) is 15.3. The first kappa shape index (κ1) is 19.2. The number of aromatic nitrogens is 1. The third-order valence-electron chi connectivity index (χ3n) is 4.29. The lowest BCUT2D eigenvalue weighted by molar-refractivity contribution is 0.100. The first-order valence-electron chi connectivity index (χ1n) is 8.87. The molecule has 7 heteroatoms. The number of carbonyl (C=O) groups excluding carboxylic acids is 2. The number of anilines is 1. The second kappa shape index (κ2) is 8.46. The van der Waals surface area contributed by atoms with Gasteiger partial charge in [-0.3, -0.25) is 9.59 Å². The molecule has 4 rings (SSSR count). The number of hydrogen-bond acceptors (Lipinski definition) is 5. The number of rotatable bonds is 6. The van der Waals surface area contributed by atoms with Gasteiger partial charge in [-0.05, 0) is 42.0 Å². The summed E-state index contributed by atoms with van der Waals surface area (Å²) in [5.74, 6) is -0.0983. The van der Waals surface area contributed by atoms with Crippen molar-refractivity contribution in [2.75, 3.05) is 5.32 Å². The lowest BCUT2D eigenvalue weighted by Gasteiger charge is -2.09. The van der Waals surface area contributed by atoms with Crippen molar-refractivity contribution in [2.24, 2.45) is 5.73 Å². The number of primary amides is 1. The van der Waals surface area contributed by atoms with Gasteiger partial charge in [0.05, 0.1) is 21.5 Å². The Hall–Kier alpha value is -3.16. The second-order valence-electron chi connectivity index (χ2n) is 6.30. The highest BCUT2D eigenvalue weighted by atomic mass is 32.2. The summed E-state index contributed by atoms with van der Waals surface area (Å²) in [6.07, 6.45) is 0. The van der Waals surface area contributed by atoms with Crippen LogP contribution in [0, 0.1) is 0 Å². The van der Waals surface area contributed by atoms with Crippen molar-refractivity contribution >= 4 is 50.8 Å². The van der Waals surface area contributed by atoms with E-state index in [0.717, 1.165) is 21.2 Å². The minimum atomic E-state index is -0.580. The number of carbonyl (C=O) groups is 2. The number of amides is 2. The highest BCUT2D eigenvalue weighted by Gasteiger charge is 2.12. The van der Waals surface area contributed by atoms with E-state index in [9.17, 15) is 9.59 Å². The molecule has 0 aliphatic carbocycles. The summed E-state index contributed by atoms with van der Waals surface area (Å²) in [5.41, 5.74) is 8.67. The molecular weight excluding hydrogens is 402 g/mol. The molecule has 0 bridgehead atoms. The molecule has 0 aliphatic rings. The predicted molar refractivity (Wildman–Crippen MR) is 119 cm³/mol. The molecule has 0 saturated carbocycles. The monoisotopic (exact) mass is 419 g/mol. The standard InChI is InChI=1S/C22H17N3O2S2/c23-20(26)16-5-1-2-6-17(16)24-21(27)15-11-9-14(10-12-15)13-28-22-25-18-7-3-4-8-19(18)29-22/h1-12H,13H2,(H2,23,26)(H,24,27). The van der Waals surface area contributed by atoms with E-state index in [2.05, 4.69) is 16.4 Å². The summed E-state index contributed by atoms with van der Waals surface area (Å²) >= 11 is 3.36. The van der Waals surface area contributed by atoms with Crippen LogP contribution >= 0.6 is 23.1 Å². The molecule has 0 atom stereocenters. The summed E-state index contributed by atoms with van der Waals surface area (Å²) in [5, 5.41) is 2.75. The molecule has 29 heavy (non-hydrogen) atoms. The van der Waals surface area contributed by atoms with Crippen LogP contribution in [0.1, 0.15) is 26.3 Å². The van der Waals surface area contributed by atoms with Crippen LogP contribution in [0.2, 0.25) is 0 Å². The fourth-order valence-corrected chi connectivity index (χ4v) is 4.84. The highest BCUT2D eigenvalue weighted by molar-refractivity contribution is 8.00. The maximum atomic E-state index is 12.5. The van der Waals surface area contributed by atoms with Crippen molar-refractivity contribution in [1.29, 1.82) is 0 Å². The number of hydrogen-bond donors (Lipinski definition) is 2. The highest BCUT2D eigenvalue weighted by Crippen LogP contribution is 2.31. The Morgan fingerprint density at radius 2 is 1.69 bits per heavy atom. The summed E-state index contributed by atoms with van der Waals surface area (Å²) in [6, 6.07) is 22.2. The Kier molecular flexibility index (Phi) is 5.59. The fraction of sp³-hybridized carbons (Fsp3) is 0.0455. The molecule has 0 aliphatic heterocycles. The Bertz CT molecular complexity index is 1150. The van der Waals surface area contributed by atoms with Gasteiger partial charge in [0.25, 0.3) is 11.8 Å². The van der Waals surface area contributed by atoms with Crippen molar-refractivity contribution in [3.8, 4) is 0 Å². The largest absolute Gasteiger partial charge is 0.366 e. The molecule has 1 heterocycles. The first-order chi connectivity index (χ1) is 14.1. The topological polar surface area (TPSA) is 85.1 Å².